The molecule has 1 aromatic carbocycles. The monoisotopic (exact) mass is 323 g/mol. The Bertz CT molecular complexity index is 674. The minimum absolute atomic E-state index is 0.157. The average molecular weight is 323 g/mol. The molecule has 0 fully saturated rings. The number of carbonyl (C=O) groups is 1. The molecule has 0 radical (unpaired) electrons. The van der Waals surface area contributed by atoms with E-state index in [2.05, 4.69) is 15.5 Å². The Morgan fingerprint density at radius 3 is 2.73 bits per heavy atom. The summed E-state index contributed by atoms with van der Waals surface area (Å²) in [5.74, 6) is 7.44. The quantitative estimate of drug-likeness (QED) is 0.604. The van der Waals surface area contributed by atoms with Crippen molar-refractivity contribution in [1.29, 1.82) is 0 Å². The fourth-order valence-electron chi connectivity index (χ4n) is 1.67. The van der Waals surface area contributed by atoms with Crippen molar-refractivity contribution >= 4 is 23.4 Å². The summed E-state index contributed by atoms with van der Waals surface area (Å²) in [6.45, 7) is 1.74. The van der Waals surface area contributed by atoms with Crippen LogP contribution in [0.15, 0.2) is 23.4 Å². The van der Waals surface area contributed by atoms with Crippen molar-refractivity contribution in [3.63, 3.8) is 0 Å². The first-order valence-corrected chi connectivity index (χ1v) is 7.35. The predicted molar refractivity (Wildman–Crippen MR) is 83.8 cm³/mol. The molecule has 2 aromatic rings. The normalized spacial score (nSPS) is 10.3. The van der Waals surface area contributed by atoms with E-state index in [0.29, 0.717) is 28.2 Å². The average Bonchev–Trinajstić information content (AvgIpc) is 2.85. The van der Waals surface area contributed by atoms with Gasteiger partial charge in [0.2, 0.25) is 11.1 Å². The van der Waals surface area contributed by atoms with E-state index < -0.39 is 0 Å². The number of nitrogen functional groups attached to an aromatic ring is 1. The molecular weight excluding hydrogens is 306 g/mol. The fraction of sp³-hybridized carbons (Fsp3) is 0.308. The molecule has 0 bridgehead atoms. The van der Waals surface area contributed by atoms with Crippen LogP contribution in [-0.2, 0) is 4.79 Å². The number of nitrogens with one attached hydrogen (secondary N) is 1. The lowest BCUT2D eigenvalue weighted by Crippen LogP contribution is -2.17. The molecule has 0 unspecified atom stereocenters. The number of rotatable bonds is 6. The summed E-state index contributed by atoms with van der Waals surface area (Å²) < 4.78 is 11.7. The number of amides is 1. The van der Waals surface area contributed by atoms with Crippen LogP contribution in [0.1, 0.15) is 5.82 Å². The van der Waals surface area contributed by atoms with E-state index in [-0.39, 0.29) is 11.7 Å². The molecule has 0 aliphatic rings. The molecule has 0 atom stereocenters. The zero-order valence-electron chi connectivity index (χ0n) is 12.5. The second-order valence-corrected chi connectivity index (χ2v) is 5.25. The number of thioether (sulfide) groups is 1. The summed E-state index contributed by atoms with van der Waals surface area (Å²) in [5, 5.41) is 11.0. The predicted octanol–water partition coefficient (Wildman–Crippen LogP) is 1.05. The number of aromatic nitrogens is 3. The maximum absolute atomic E-state index is 12.0. The van der Waals surface area contributed by atoms with Gasteiger partial charge in [-0.25, -0.2) is 4.68 Å². The van der Waals surface area contributed by atoms with Gasteiger partial charge in [0.05, 0.1) is 25.7 Å². The lowest BCUT2D eigenvalue weighted by atomic mass is 10.2. The van der Waals surface area contributed by atoms with Crippen molar-refractivity contribution in [3.05, 3.63) is 24.0 Å². The van der Waals surface area contributed by atoms with Gasteiger partial charge >= 0.3 is 0 Å². The van der Waals surface area contributed by atoms with Crippen molar-refractivity contribution in [2.45, 2.75) is 12.1 Å². The summed E-state index contributed by atoms with van der Waals surface area (Å²) >= 11 is 1.20. The highest BCUT2D eigenvalue weighted by molar-refractivity contribution is 7.99. The van der Waals surface area contributed by atoms with Crippen molar-refractivity contribution in [2.24, 2.45) is 0 Å². The van der Waals surface area contributed by atoms with Crippen LogP contribution in [-0.4, -0.2) is 40.8 Å². The molecule has 9 heteroatoms. The Morgan fingerprint density at radius 2 is 2.14 bits per heavy atom. The molecule has 1 aromatic heterocycles. The lowest BCUT2D eigenvalue weighted by molar-refractivity contribution is -0.113. The summed E-state index contributed by atoms with van der Waals surface area (Å²) in [6.07, 6.45) is 0. The largest absolute Gasteiger partial charge is 0.497 e. The topological polar surface area (TPSA) is 104 Å². The first-order chi connectivity index (χ1) is 10.5. The standard InChI is InChI=1S/C13H17N5O3S/c1-8-16-17-13(18(8)14)22-7-12(19)15-10-5-4-9(20-2)6-11(10)21-3/h4-6H,7,14H2,1-3H3,(H,15,19). The van der Waals surface area contributed by atoms with Crippen molar-refractivity contribution in [3.8, 4) is 11.5 Å². The third-order valence-corrected chi connectivity index (χ3v) is 3.79. The molecule has 3 N–H and O–H groups in total. The van der Waals surface area contributed by atoms with Crippen LogP contribution >= 0.6 is 11.8 Å². The molecule has 0 aliphatic carbocycles. The third-order valence-electron chi connectivity index (χ3n) is 2.85. The summed E-state index contributed by atoms with van der Waals surface area (Å²) in [6, 6.07) is 5.16. The molecule has 0 saturated heterocycles. The second kappa shape index (κ2) is 7.03. The van der Waals surface area contributed by atoms with E-state index in [9.17, 15) is 4.79 Å². The van der Waals surface area contributed by atoms with Crippen LogP contribution < -0.4 is 20.6 Å². The van der Waals surface area contributed by atoms with Crippen molar-refractivity contribution in [1.82, 2.24) is 14.9 Å². The molecule has 22 heavy (non-hydrogen) atoms. The van der Waals surface area contributed by atoms with Gasteiger partial charge in [0, 0.05) is 6.07 Å². The highest BCUT2D eigenvalue weighted by Crippen LogP contribution is 2.29. The maximum atomic E-state index is 12.0. The minimum atomic E-state index is -0.200. The highest BCUT2D eigenvalue weighted by Gasteiger charge is 2.12. The summed E-state index contributed by atoms with van der Waals surface area (Å²) in [7, 11) is 3.09. The van der Waals surface area contributed by atoms with E-state index in [1.807, 2.05) is 0 Å². The Hall–Kier alpha value is -2.42. The van der Waals surface area contributed by atoms with Gasteiger partial charge in [0.1, 0.15) is 17.3 Å². The number of hydrogen-bond acceptors (Lipinski definition) is 7. The molecule has 8 nitrogen and oxygen atoms in total. The molecule has 0 spiro atoms. The van der Waals surface area contributed by atoms with E-state index in [4.69, 9.17) is 15.3 Å². The van der Waals surface area contributed by atoms with Gasteiger partial charge in [-0.3, -0.25) is 4.79 Å². The maximum Gasteiger partial charge on any atom is 0.234 e. The number of aryl methyl sites for hydroxylation is 1. The lowest BCUT2D eigenvalue weighted by Gasteiger charge is -2.11. The minimum Gasteiger partial charge on any atom is -0.497 e. The second-order valence-electron chi connectivity index (χ2n) is 4.30. The Morgan fingerprint density at radius 1 is 1.36 bits per heavy atom. The first-order valence-electron chi connectivity index (χ1n) is 6.37. The summed E-state index contributed by atoms with van der Waals surface area (Å²) in [4.78, 5) is 12.0. The van der Waals surface area contributed by atoms with Crippen LogP contribution in [0.2, 0.25) is 0 Å². The van der Waals surface area contributed by atoms with E-state index in [1.54, 1.807) is 32.2 Å². The SMILES string of the molecule is COc1ccc(NC(=O)CSc2nnc(C)n2N)c(OC)c1. The smallest absolute Gasteiger partial charge is 0.234 e. The highest BCUT2D eigenvalue weighted by atomic mass is 32.2. The summed E-state index contributed by atoms with van der Waals surface area (Å²) in [5.41, 5.74) is 0.569. The number of nitrogens with two attached hydrogens (primary N) is 1. The number of benzene rings is 1. The van der Waals surface area contributed by atoms with Crippen LogP contribution in [0.4, 0.5) is 5.69 Å². The number of carbonyl (C=O) groups excluding carboxylic acids is 1. The van der Waals surface area contributed by atoms with Gasteiger partial charge < -0.3 is 20.6 Å². The molecule has 0 saturated carbocycles. The van der Waals surface area contributed by atoms with Crippen LogP contribution in [0, 0.1) is 6.92 Å². The fourth-order valence-corrected chi connectivity index (χ4v) is 2.37. The van der Waals surface area contributed by atoms with Crippen LogP contribution in [0.5, 0.6) is 11.5 Å². The van der Waals surface area contributed by atoms with Gasteiger partial charge in [-0.05, 0) is 19.1 Å². The molecule has 1 heterocycles. The molecular formula is C13H17N5O3S. The molecule has 0 aliphatic heterocycles. The van der Waals surface area contributed by atoms with Crippen molar-refractivity contribution < 1.29 is 14.3 Å². The van der Waals surface area contributed by atoms with Gasteiger partial charge in [0.25, 0.3) is 0 Å². The number of hydrogen-bond donors (Lipinski definition) is 2. The van der Waals surface area contributed by atoms with Gasteiger partial charge in [0.15, 0.2) is 0 Å². The first kappa shape index (κ1) is 16.0. The number of anilines is 1. The Labute approximate surface area is 132 Å². The van der Waals surface area contributed by atoms with Crippen molar-refractivity contribution in [2.75, 3.05) is 31.1 Å². The zero-order chi connectivity index (χ0) is 16.1. The number of ether oxygens (including phenoxy) is 2. The van der Waals surface area contributed by atoms with Gasteiger partial charge in [-0.15, -0.1) is 10.2 Å². The molecule has 118 valence electrons. The Kier molecular flexibility index (Phi) is 5.10. The zero-order valence-corrected chi connectivity index (χ0v) is 13.3. The molecule has 1 amide bonds. The Balaban J connectivity index is 1.98. The van der Waals surface area contributed by atoms with E-state index in [0.717, 1.165) is 0 Å². The third kappa shape index (κ3) is 3.61. The van der Waals surface area contributed by atoms with E-state index >= 15 is 0 Å². The van der Waals surface area contributed by atoms with Gasteiger partial charge in [-0.1, -0.05) is 11.8 Å². The molecule has 2 rings (SSSR count). The van der Waals surface area contributed by atoms with E-state index in [1.165, 1.54) is 23.5 Å². The number of nitrogens with zero attached hydrogens (tertiary/aromatic N) is 3. The van der Waals surface area contributed by atoms with Crippen LogP contribution in [0.3, 0.4) is 0 Å². The number of methoxy groups -OCH3 is 2. The van der Waals surface area contributed by atoms with Crippen LogP contribution in [0.25, 0.3) is 0 Å². The van der Waals surface area contributed by atoms with Gasteiger partial charge in [-0.2, -0.15) is 0 Å².